The molecule has 1 fully saturated rings. The topological polar surface area (TPSA) is 78.5 Å². The van der Waals surface area contributed by atoms with Crippen molar-refractivity contribution < 1.29 is 13.2 Å². The van der Waals surface area contributed by atoms with Gasteiger partial charge in [0.25, 0.3) is 5.91 Å². The zero-order valence-corrected chi connectivity index (χ0v) is 16.2. The number of nitrogens with one attached hydrogen (secondary N) is 2. The van der Waals surface area contributed by atoms with E-state index in [0.29, 0.717) is 22.6 Å². The molecule has 0 radical (unpaired) electrons. The number of sulfonamides is 1. The van der Waals surface area contributed by atoms with Crippen LogP contribution in [0.3, 0.4) is 0 Å². The summed E-state index contributed by atoms with van der Waals surface area (Å²) < 4.78 is 25.8. The Morgan fingerprint density at radius 3 is 2.65 bits per heavy atom. The van der Waals surface area contributed by atoms with Gasteiger partial charge in [-0.2, -0.15) is 0 Å². The van der Waals surface area contributed by atoms with E-state index in [0.717, 1.165) is 23.7 Å². The molecule has 1 aliphatic heterocycles. The number of hydrogen-bond acceptors (Lipinski definition) is 4. The molecule has 1 aromatic carbocycles. The lowest BCUT2D eigenvalue weighted by Crippen LogP contribution is -2.37. The molecule has 2 rings (SSSR count). The number of carbonyl (C=O) groups excluding carboxylic acids is 1. The van der Waals surface area contributed by atoms with Crippen LogP contribution in [0.2, 0.25) is 0 Å². The van der Waals surface area contributed by atoms with Crippen molar-refractivity contribution in [1.82, 2.24) is 14.9 Å². The predicted octanol–water partition coefficient (Wildman–Crippen LogP) is 1.60. The van der Waals surface area contributed by atoms with Gasteiger partial charge >= 0.3 is 0 Å². The van der Waals surface area contributed by atoms with Crippen LogP contribution in [0.1, 0.15) is 23.2 Å². The highest BCUT2D eigenvalue weighted by Gasteiger charge is 2.22. The van der Waals surface area contributed by atoms with Crippen molar-refractivity contribution in [2.75, 3.05) is 27.2 Å². The number of hydrogen-bond donors (Lipinski definition) is 2. The van der Waals surface area contributed by atoms with Gasteiger partial charge in [-0.25, -0.2) is 12.7 Å². The fourth-order valence-electron chi connectivity index (χ4n) is 2.30. The molecule has 6 nitrogen and oxygen atoms in total. The third-order valence-corrected chi connectivity index (χ3v) is 6.42. The number of rotatable bonds is 5. The molecule has 1 amide bonds. The Kier molecular flexibility index (Phi) is 7.47. The molecule has 9 heteroatoms. The van der Waals surface area contributed by atoms with Gasteiger partial charge in [0.2, 0.25) is 10.0 Å². The largest absolute Gasteiger partial charge is 0.350 e. The number of nitrogens with zero attached hydrogens (tertiary/aromatic N) is 1. The standard InChI is InChI=1S/C14H20BrN3O3S.ClH/c1-18(2)22(20,21)13-6-5-10(8-12(13)15)14(19)17-9-11-4-3-7-16-11;/h5-6,8,11,16H,3-4,7,9H2,1-2H3,(H,17,19);1H. The summed E-state index contributed by atoms with van der Waals surface area (Å²) in [6.45, 7) is 1.57. The van der Waals surface area contributed by atoms with E-state index in [1.807, 2.05) is 0 Å². The Morgan fingerprint density at radius 2 is 2.13 bits per heavy atom. The van der Waals surface area contributed by atoms with Crippen LogP contribution >= 0.6 is 28.3 Å². The van der Waals surface area contributed by atoms with Gasteiger partial charge in [0.15, 0.2) is 0 Å². The van der Waals surface area contributed by atoms with E-state index in [1.54, 1.807) is 0 Å². The molecule has 1 aromatic rings. The van der Waals surface area contributed by atoms with Crippen LogP contribution in [0, 0.1) is 0 Å². The van der Waals surface area contributed by atoms with Gasteiger partial charge in [-0.1, -0.05) is 0 Å². The van der Waals surface area contributed by atoms with Crippen molar-refractivity contribution in [1.29, 1.82) is 0 Å². The van der Waals surface area contributed by atoms with E-state index >= 15 is 0 Å². The molecule has 2 N–H and O–H groups in total. The molecule has 0 spiro atoms. The van der Waals surface area contributed by atoms with Gasteiger partial charge in [0.1, 0.15) is 0 Å². The van der Waals surface area contributed by atoms with Crippen molar-refractivity contribution in [2.24, 2.45) is 0 Å². The van der Waals surface area contributed by atoms with Gasteiger partial charge in [0, 0.05) is 36.7 Å². The summed E-state index contributed by atoms with van der Waals surface area (Å²) in [5, 5.41) is 6.17. The molecule has 0 aromatic heterocycles. The first kappa shape index (κ1) is 20.4. The maximum Gasteiger partial charge on any atom is 0.251 e. The lowest BCUT2D eigenvalue weighted by molar-refractivity contribution is 0.0950. The smallest absolute Gasteiger partial charge is 0.251 e. The molecule has 1 unspecified atom stereocenters. The number of carbonyl (C=O) groups is 1. The van der Waals surface area contributed by atoms with Crippen LogP contribution in [-0.2, 0) is 10.0 Å². The monoisotopic (exact) mass is 425 g/mol. The molecule has 130 valence electrons. The molecule has 1 heterocycles. The van der Waals surface area contributed by atoms with Crippen molar-refractivity contribution in [2.45, 2.75) is 23.8 Å². The maximum atomic E-state index is 12.1. The zero-order valence-electron chi connectivity index (χ0n) is 13.0. The Labute approximate surface area is 151 Å². The second-order valence-electron chi connectivity index (χ2n) is 5.44. The van der Waals surface area contributed by atoms with Gasteiger partial charge in [0.05, 0.1) is 4.90 Å². The summed E-state index contributed by atoms with van der Waals surface area (Å²) in [5.74, 6) is -0.205. The number of halogens is 2. The van der Waals surface area contributed by atoms with E-state index in [1.165, 1.54) is 32.3 Å². The van der Waals surface area contributed by atoms with Gasteiger partial charge < -0.3 is 10.6 Å². The van der Waals surface area contributed by atoms with Crippen molar-refractivity contribution >= 4 is 44.3 Å². The average molecular weight is 427 g/mol. The first-order valence-electron chi connectivity index (χ1n) is 7.06. The molecule has 0 aliphatic carbocycles. The van der Waals surface area contributed by atoms with E-state index in [9.17, 15) is 13.2 Å². The predicted molar refractivity (Wildman–Crippen MR) is 95.6 cm³/mol. The quantitative estimate of drug-likeness (QED) is 0.750. The SMILES string of the molecule is CN(C)S(=O)(=O)c1ccc(C(=O)NCC2CCCN2)cc1Br.Cl. The highest BCUT2D eigenvalue weighted by molar-refractivity contribution is 9.10. The van der Waals surface area contributed by atoms with Crippen LogP contribution in [0.15, 0.2) is 27.6 Å². The number of benzene rings is 1. The van der Waals surface area contributed by atoms with Gasteiger partial charge in [-0.05, 0) is 53.5 Å². The zero-order chi connectivity index (χ0) is 16.3. The molecule has 0 saturated carbocycles. The van der Waals surface area contributed by atoms with Crippen LogP contribution < -0.4 is 10.6 Å². The molecular weight excluding hydrogens is 406 g/mol. The summed E-state index contributed by atoms with van der Waals surface area (Å²) >= 11 is 3.24. The van der Waals surface area contributed by atoms with Crippen molar-refractivity contribution in [3.8, 4) is 0 Å². The van der Waals surface area contributed by atoms with E-state index in [2.05, 4.69) is 26.6 Å². The second kappa shape index (κ2) is 8.43. The minimum absolute atomic E-state index is 0. The second-order valence-corrected chi connectivity index (χ2v) is 8.41. The summed E-state index contributed by atoms with van der Waals surface area (Å²) in [6, 6.07) is 4.83. The van der Waals surface area contributed by atoms with E-state index in [-0.39, 0.29) is 23.2 Å². The first-order chi connectivity index (χ1) is 10.3. The molecule has 1 aliphatic rings. The lowest BCUT2D eigenvalue weighted by atomic mass is 10.2. The highest BCUT2D eigenvalue weighted by Crippen LogP contribution is 2.25. The summed E-state index contributed by atoms with van der Waals surface area (Å²) in [4.78, 5) is 12.3. The summed E-state index contributed by atoms with van der Waals surface area (Å²) in [5.41, 5.74) is 0.433. The highest BCUT2D eigenvalue weighted by atomic mass is 79.9. The minimum Gasteiger partial charge on any atom is -0.350 e. The minimum atomic E-state index is -3.53. The first-order valence-corrected chi connectivity index (χ1v) is 9.29. The van der Waals surface area contributed by atoms with E-state index < -0.39 is 10.0 Å². The van der Waals surface area contributed by atoms with Crippen molar-refractivity contribution in [3.63, 3.8) is 0 Å². The fourth-order valence-corrected chi connectivity index (χ4v) is 4.23. The number of amides is 1. The van der Waals surface area contributed by atoms with Crippen LogP contribution in [0.25, 0.3) is 0 Å². The van der Waals surface area contributed by atoms with Crippen molar-refractivity contribution in [3.05, 3.63) is 28.2 Å². The Balaban J connectivity index is 0.00000264. The van der Waals surface area contributed by atoms with Gasteiger partial charge in [-0.15, -0.1) is 12.4 Å². The summed E-state index contributed by atoms with van der Waals surface area (Å²) in [7, 11) is -0.592. The maximum absolute atomic E-state index is 12.1. The average Bonchev–Trinajstić information content (AvgIpc) is 2.97. The Hall–Kier alpha value is -0.670. The Morgan fingerprint density at radius 1 is 1.43 bits per heavy atom. The van der Waals surface area contributed by atoms with E-state index in [4.69, 9.17) is 0 Å². The van der Waals surface area contributed by atoms with Crippen LogP contribution in [-0.4, -0.2) is 51.9 Å². The molecule has 1 saturated heterocycles. The molecule has 1 atom stereocenters. The van der Waals surface area contributed by atoms with Gasteiger partial charge in [-0.3, -0.25) is 4.79 Å². The molecule has 0 bridgehead atoms. The van der Waals surface area contributed by atoms with Crippen LogP contribution in [0.4, 0.5) is 0 Å². The molecule has 23 heavy (non-hydrogen) atoms. The van der Waals surface area contributed by atoms with Crippen LogP contribution in [0.5, 0.6) is 0 Å². The third-order valence-electron chi connectivity index (χ3n) is 3.62. The summed E-state index contributed by atoms with van der Waals surface area (Å²) in [6.07, 6.45) is 2.19. The molecular formula is C14H21BrClN3O3S. The Bertz CT molecular complexity index is 661. The third kappa shape index (κ3) is 4.90. The normalized spacial score (nSPS) is 17.8. The fraction of sp³-hybridized carbons (Fsp3) is 0.500. The lowest BCUT2D eigenvalue weighted by Gasteiger charge is -2.14.